The number of thiophene rings is 1. The molecule has 3 aromatic rings. The highest BCUT2D eigenvalue weighted by Gasteiger charge is 2.07. The van der Waals surface area contributed by atoms with Gasteiger partial charge in [0, 0.05) is 17.5 Å². The van der Waals surface area contributed by atoms with Crippen LogP contribution in [0, 0.1) is 0 Å². The van der Waals surface area contributed by atoms with E-state index >= 15 is 0 Å². The van der Waals surface area contributed by atoms with Crippen LogP contribution in [0.1, 0.15) is 11.1 Å². The van der Waals surface area contributed by atoms with Crippen LogP contribution in [0.2, 0.25) is 0 Å². The van der Waals surface area contributed by atoms with Gasteiger partial charge in [0.25, 0.3) is 0 Å². The van der Waals surface area contributed by atoms with Crippen molar-refractivity contribution in [3.8, 4) is 0 Å². The summed E-state index contributed by atoms with van der Waals surface area (Å²) < 4.78 is 0. The Hall–Kier alpha value is -1.98. The first kappa shape index (κ1) is 14.0. The summed E-state index contributed by atoms with van der Waals surface area (Å²) >= 11 is 6.87. The van der Waals surface area contributed by atoms with Crippen LogP contribution >= 0.6 is 23.6 Å². The first-order valence-corrected chi connectivity index (χ1v) is 8.03. The molecule has 0 unspecified atom stereocenters. The molecule has 2 aromatic heterocycles. The molecule has 0 amide bonds. The van der Waals surface area contributed by atoms with Crippen LogP contribution in [-0.4, -0.2) is 16.5 Å². The van der Waals surface area contributed by atoms with Crippen LogP contribution in [0.25, 0.3) is 10.9 Å². The molecule has 0 spiro atoms. The molecule has 1 aromatic carbocycles. The molecule has 3 rings (SSSR count). The highest BCUT2D eigenvalue weighted by molar-refractivity contribution is 7.80. The highest BCUT2D eigenvalue weighted by atomic mass is 32.1. The Labute approximate surface area is 132 Å². The molecule has 2 heterocycles. The predicted molar refractivity (Wildman–Crippen MR) is 94.1 cm³/mol. The van der Waals surface area contributed by atoms with Crippen molar-refractivity contribution in [2.45, 2.75) is 6.42 Å². The van der Waals surface area contributed by atoms with Crippen LogP contribution in [0.5, 0.6) is 0 Å². The van der Waals surface area contributed by atoms with E-state index in [1.165, 1.54) is 5.56 Å². The lowest BCUT2D eigenvalue weighted by molar-refractivity contribution is 1.02. The van der Waals surface area contributed by atoms with Gasteiger partial charge in [0.2, 0.25) is 0 Å². The van der Waals surface area contributed by atoms with Crippen molar-refractivity contribution >= 4 is 45.3 Å². The number of benzene rings is 1. The quantitative estimate of drug-likeness (QED) is 0.707. The van der Waals surface area contributed by atoms with E-state index in [-0.39, 0.29) is 0 Å². The van der Waals surface area contributed by atoms with Crippen molar-refractivity contribution in [2.24, 2.45) is 5.73 Å². The predicted octanol–water partition coefficient (Wildman–Crippen LogP) is 3.59. The van der Waals surface area contributed by atoms with E-state index < -0.39 is 0 Å². The second-order valence-electron chi connectivity index (χ2n) is 4.74. The molecular weight excluding hydrogens is 298 g/mol. The molecular formula is C16H15N3S2. The zero-order valence-electron chi connectivity index (χ0n) is 11.4. The SMILES string of the molecule is NC(=S)c1cc(NCCc2ccsc2)nc2ccccc12. The molecule has 21 heavy (non-hydrogen) atoms. The van der Waals surface area contributed by atoms with E-state index in [9.17, 15) is 0 Å². The highest BCUT2D eigenvalue weighted by Crippen LogP contribution is 2.20. The lowest BCUT2D eigenvalue weighted by atomic mass is 10.1. The van der Waals surface area contributed by atoms with Gasteiger partial charge in [-0.05, 0) is 40.9 Å². The Morgan fingerprint density at radius 1 is 1.29 bits per heavy atom. The van der Waals surface area contributed by atoms with Crippen LogP contribution in [-0.2, 0) is 6.42 Å². The summed E-state index contributed by atoms with van der Waals surface area (Å²) in [5.74, 6) is 0.812. The summed E-state index contributed by atoms with van der Waals surface area (Å²) in [5.41, 5.74) is 8.94. The Morgan fingerprint density at radius 3 is 2.90 bits per heavy atom. The molecule has 0 aliphatic heterocycles. The number of aromatic nitrogens is 1. The van der Waals surface area contributed by atoms with Crippen LogP contribution in [0.3, 0.4) is 0 Å². The third-order valence-electron chi connectivity index (χ3n) is 3.28. The number of para-hydroxylation sites is 1. The van der Waals surface area contributed by atoms with E-state index in [1.807, 2.05) is 30.3 Å². The zero-order valence-corrected chi connectivity index (χ0v) is 13.0. The fraction of sp³-hybridized carbons (Fsp3) is 0.125. The van der Waals surface area contributed by atoms with Gasteiger partial charge in [-0.2, -0.15) is 11.3 Å². The number of rotatable bonds is 5. The first-order chi connectivity index (χ1) is 10.2. The second kappa shape index (κ2) is 6.20. The Kier molecular flexibility index (Phi) is 4.13. The molecule has 0 saturated heterocycles. The Morgan fingerprint density at radius 2 is 2.14 bits per heavy atom. The van der Waals surface area contributed by atoms with Crippen molar-refractivity contribution < 1.29 is 0 Å². The monoisotopic (exact) mass is 313 g/mol. The lowest BCUT2D eigenvalue weighted by Gasteiger charge is -2.10. The number of thiocarbonyl (C=S) groups is 1. The van der Waals surface area contributed by atoms with Gasteiger partial charge < -0.3 is 11.1 Å². The maximum absolute atomic E-state index is 5.83. The fourth-order valence-corrected chi connectivity index (χ4v) is 3.11. The van der Waals surface area contributed by atoms with Gasteiger partial charge >= 0.3 is 0 Å². The average molecular weight is 313 g/mol. The third kappa shape index (κ3) is 3.20. The second-order valence-corrected chi connectivity index (χ2v) is 5.96. The van der Waals surface area contributed by atoms with Crippen molar-refractivity contribution in [3.05, 3.63) is 58.3 Å². The number of nitrogens with one attached hydrogen (secondary N) is 1. The van der Waals surface area contributed by atoms with Crippen molar-refractivity contribution in [1.82, 2.24) is 4.98 Å². The number of nitrogens with two attached hydrogens (primary N) is 1. The minimum Gasteiger partial charge on any atom is -0.389 e. The molecule has 0 bridgehead atoms. The minimum absolute atomic E-state index is 0.398. The van der Waals surface area contributed by atoms with Gasteiger partial charge in [-0.3, -0.25) is 0 Å². The third-order valence-corrected chi connectivity index (χ3v) is 4.23. The van der Waals surface area contributed by atoms with Gasteiger partial charge in [-0.1, -0.05) is 30.4 Å². The summed E-state index contributed by atoms with van der Waals surface area (Å²) in [6, 6.07) is 12.0. The maximum atomic E-state index is 5.83. The molecule has 3 nitrogen and oxygen atoms in total. The van der Waals surface area contributed by atoms with E-state index in [2.05, 4.69) is 27.1 Å². The van der Waals surface area contributed by atoms with Gasteiger partial charge in [0.05, 0.1) is 5.52 Å². The lowest BCUT2D eigenvalue weighted by Crippen LogP contribution is -2.12. The Bertz CT molecular complexity index is 766. The van der Waals surface area contributed by atoms with Crippen molar-refractivity contribution in [2.75, 3.05) is 11.9 Å². The van der Waals surface area contributed by atoms with E-state index in [4.69, 9.17) is 18.0 Å². The van der Waals surface area contributed by atoms with Crippen molar-refractivity contribution in [1.29, 1.82) is 0 Å². The molecule has 0 radical (unpaired) electrons. The minimum atomic E-state index is 0.398. The molecule has 0 fully saturated rings. The van der Waals surface area contributed by atoms with E-state index in [0.717, 1.165) is 35.2 Å². The van der Waals surface area contributed by atoms with Gasteiger partial charge in [-0.15, -0.1) is 0 Å². The van der Waals surface area contributed by atoms with Gasteiger partial charge in [-0.25, -0.2) is 4.98 Å². The molecule has 5 heteroatoms. The van der Waals surface area contributed by atoms with Crippen LogP contribution < -0.4 is 11.1 Å². The zero-order chi connectivity index (χ0) is 14.7. The molecule has 0 atom stereocenters. The summed E-state index contributed by atoms with van der Waals surface area (Å²) in [5, 5.41) is 8.60. The normalized spacial score (nSPS) is 10.7. The van der Waals surface area contributed by atoms with Crippen LogP contribution in [0.4, 0.5) is 5.82 Å². The van der Waals surface area contributed by atoms with Gasteiger partial charge in [0.1, 0.15) is 10.8 Å². The number of pyridine rings is 1. The van der Waals surface area contributed by atoms with Crippen LogP contribution in [0.15, 0.2) is 47.2 Å². The number of fused-ring (bicyclic) bond motifs is 1. The summed E-state index contributed by atoms with van der Waals surface area (Å²) in [6.07, 6.45) is 0.973. The molecule has 3 N–H and O–H groups in total. The molecule has 106 valence electrons. The van der Waals surface area contributed by atoms with E-state index in [1.54, 1.807) is 11.3 Å². The smallest absolute Gasteiger partial charge is 0.127 e. The topological polar surface area (TPSA) is 50.9 Å². The number of nitrogens with zero attached hydrogens (tertiary/aromatic N) is 1. The number of anilines is 1. The fourth-order valence-electron chi connectivity index (χ4n) is 2.24. The first-order valence-electron chi connectivity index (χ1n) is 6.68. The summed E-state index contributed by atoms with van der Waals surface area (Å²) in [6.45, 7) is 0.832. The van der Waals surface area contributed by atoms with Gasteiger partial charge in [0.15, 0.2) is 0 Å². The standard InChI is InChI=1S/C16H15N3S2/c17-16(20)13-9-15(18-7-5-11-6-8-21-10-11)19-14-4-2-1-3-12(13)14/h1-4,6,8-10H,5,7H2,(H2,17,20)(H,18,19). The maximum Gasteiger partial charge on any atom is 0.127 e. The number of hydrogen-bond acceptors (Lipinski definition) is 4. The molecule has 0 saturated carbocycles. The number of hydrogen-bond donors (Lipinski definition) is 2. The molecule has 0 aliphatic rings. The van der Waals surface area contributed by atoms with E-state index in [0.29, 0.717) is 4.99 Å². The summed E-state index contributed by atoms with van der Waals surface area (Å²) in [4.78, 5) is 5.01. The molecule has 0 aliphatic carbocycles. The average Bonchev–Trinajstić information content (AvgIpc) is 2.99. The largest absolute Gasteiger partial charge is 0.389 e. The summed E-state index contributed by atoms with van der Waals surface area (Å²) in [7, 11) is 0. The Balaban J connectivity index is 1.83. The van der Waals surface area contributed by atoms with Crippen molar-refractivity contribution in [3.63, 3.8) is 0 Å².